The second kappa shape index (κ2) is 12.3. The Balaban J connectivity index is 1.52. The van der Waals surface area contributed by atoms with E-state index in [4.69, 9.17) is 27.1 Å². The zero-order chi connectivity index (χ0) is 28.4. The maximum Gasteiger partial charge on any atom is 0.222 e. The number of fused-ring (bicyclic) bond motifs is 1. The fourth-order valence-corrected chi connectivity index (χ4v) is 7.19. The molecular weight excluding hydrogens is 516 g/mol. The van der Waals surface area contributed by atoms with Gasteiger partial charge >= 0.3 is 0 Å². The number of nitrogens with two attached hydrogens (primary N) is 1. The van der Waals surface area contributed by atoms with Crippen molar-refractivity contribution in [1.82, 2.24) is 9.88 Å². The van der Waals surface area contributed by atoms with Gasteiger partial charge in [0.1, 0.15) is 25.3 Å². The van der Waals surface area contributed by atoms with Gasteiger partial charge in [-0.3, -0.25) is 9.69 Å². The summed E-state index contributed by atoms with van der Waals surface area (Å²) < 4.78 is 6.72. The summed E-state index contributed by atoms with van der Waals surface area (Å²) in [4.78, 5) is 19.3. The van der Waals surface area contributed by atoms with Crippen LogP contribution in [0.2, 0.25) is 0 Å². The molecule has 39 heavy (non-hydrogen) atoms. The van der Waals surface area contributed by atoms with E-state index in [0.717, 1.165) is 35.7 Å². The summed E-state index contributed by atoms with van der Waals surface area (Å²) >= 11 is 6.93. The number of likely N-dealkylation sites (tertiary alicyclic amines) is 1. The standard InChI is InChI=1S/C30H45ClN4O4/c1-5-6-10-22-17-21-9-7-8-11-24(21)29(33-22)39-15-14-35(3,4)19-30(38)26(31)25(28(32)37)16-20(2)27(30)34-13-12-23(36)18-34/h7-9,11,17,20,23,25-27,36,38H,5-6,10,12-16,18-19H2,1-4H3,(H-,32,37)/p+1/t20-,23-,25?,26?,27?,30+/m0/s1. The molecule has 1 aromatic carbocycles. The molecule has 2 aromatic rings. The third-order valence-electron chi connectivity index (χ3n) is 8.62. The zero-order valence-electron chi connectivity index (χ0n) is 23.9. The number of rotatable bonds is 11. The molecule has 4 N–H and O–H groups in total. The Bertz CT molecular complexity index is 1150. The first-order valence-electron chi connectivity index (χ1n) is 14.4. The first kappa shape index (κ1) is 30.0. The summed E-state index contributed by atoms with van der Waals surface area (Å²) in [6.45, 7) is 6.73. The number of amides is 1. The molecule has 216 valence electrons. The molecule has 8 nitrogen and oxygen atoms in total. The SMILES string of the molecule is CCCCc1cc2ccccc2c(OCC[N+](C)(C)C[C@@]2(O)C(Cl)C(C(N)=O)C[C@H](C)C2N2CC[C@H](O)C2)n1. The minimum absolute atomic E-state index is 0.00882. The Labute approximate surface area is 237 Å². The largest absolute Gasteiger partial charge is 0.471 e. The van der Waals surface area contributed by atoms with Gasteiger partial charge in [0.15, 0.2) is 0 Å². The second-order valence-corrected chi connectivity index (χ2v) is 12.9. The molecule has 0 spiro atoms. The molecule has 9 heteroatoms. The van der Waals surface area contributed by atoms with E-state index >= 15 is 0 Å². The number of halogens is 1. The maximum absolute atomic E-state index is 12.3. The first-order valence-corrected chi connectivity index (χ1v) is 14.8. The van der Waals surface area contributed by atoms with Crippen LogP contribution in [0.5, 0.6) is 5.88 Å². The summed E-state index contributed by atoms with van der Waals surface area (Å²) in [5.74, 6) is -0.467. The van der Waals surface area contributed by atoms with Crippen LogP contribution in [0.4, 0.5) is 0 Å². The van der Waals surface area contributed by atoms with E-state index in [0.29, 0.717) is 56.0 Å². The number of β-amino-alcohol motifs (C(OH)–C–C–N with tert-alkyl or cyclic N) is 1. The Morgan fingerprint density at radius 1 is 1.33 bits per heavy atom. The van der Waals surface area contributed by atoms with Crippen LogP contribution < -0.4 is 10.5 Å². The van der Waals surface area contributed by atoms with Gasteiger partial charge < -0.3 is 25.2 Å². The molecule has 2 heterocycles. The van der Waals surface area contributed by atoms with Crippen LogP contribution in [0, 0.1) is 11.8 Å². The lowest BCUT2D eigenvalue weighted by molar-refractivity contribution is -0.897. The van der Waals surface area contributed by atoms with Crippen LogP contribution >= 0.6 is 11.6 Å². The fraction of sp³-hybridized carbons (Fsp3) is 0.667. The van der Waals surface area contributed by atoms with Gasteiger partial charge in [-0.05, 0) is 49.1 Å². The zero-order valence-corrected chi connectivity index (χ0v) is 24.6. The van der Waals surface area contributed by atoms with Crippen molar-refractivity contribution < 1.29 is 24.2 Å². The van der Waals surface area contributed by atoms with Crippen LogP contribution in [-0.2, 0) is 11.2 Å². The third kappa shape index (κ3) is 6.68. The Hall–Kier alpha value is -1.97. The second-order valence-electron chi connectivity index (χ2n) is 12.4. The van der Waals surface area contributed by atoms with E-state index < -0.39 is 28.9 Å². The molecule has 1 saturated heterocycles. The van der Waals surface area contributed by atoms with E-state index in [1.807, 2.05) is 39.2 Å². The van der Waals surface area contributed by atoms with Gasteiger partial charge in [-0.15, -0.1) is 11.6 Å². The summed E-state index contributed by atoms with van der Waals surface area (Å²) in [7, 11) is 4.09. The van der Waals surface area contributed by atoms with Crippen LogP contribution in [0.3, 0.4) is 0 Å². The molecule has 0 bridgehead atoms. The molecule has 4 rings (SSSR count). The summed E-state index contributed by atoms with van der Waals surface area (Å²) in [5, 5.41) is 23.8. The lowest BCUT2D eigenvalue weighted by atomic mass is 9.67. The molecule has 1 aliphatic carbocycles. The van der Waals surface area contributed by atoms with Crippen LogP contribution in [0.1, 0.15) is 45.2 Å². The highest BCUT2D eigenvalue weighted by Gasteiger charge is 2.59. The molecule has 1 aliphatic heterocycles. The Morgan fingerprint density at radius 2 is 2.08 bits per heavy atom. The molecule has 2 aliphatic rings. The number of aliphatic hydroxyl groups is 2. The van der Waals surface area contributed by atoms with Crippen molar-refractivity contribution in [1.29, 1.82) is 0 Å². The Kier molecular flexibility index (Phi) is 9.44. The maximum atomic E-state index is 12.3. The van der Waals surface area contributed by atoms with Crippen LogP contribution in [0.25, 0.3) is 10.8 Å². The molecule has 1 saturated carbocycles. The number of alkyl halides is 1. The van der Waals surface area contributed by atoms with Crippen molar-refractivity contribution in [3.8, 4) is 5.88 Å². The van der Waals surface area contributed by atoms with Crippen molar-refractivity contribution in [2.24, 2.45) is 17.6 Å². The van der Waals surface area contributed by atoms with Crippen molar-refractivity contribution in [2.75, 3.05) is 46.9 Å². The van der Waals surface area contributed by atoms with Gasteiger partial charge in [0, 0.05) is 30.2 Å². The van der Waals surface area contributed by atoms with E-state index in [-0.39, 0.29) is 12.0 Å². The average Bonchev–Trinajstić information content (AvgIpc) is 3.29. The molecule has 6 atom stereocenters. The highest BCUT2D eigenvalue weighted by Crippen LogP contribution is 2.44. The van der Waals surface area contributed by atoms with Crippen LogP contribution in [-0.4, -0.2) is 100 Å². The predicted molar refractivity (Wildman–Crippen MR) is 155 cm³/mol. The van der Waals surface area contributed by atoms with Gasteiger partial charge in [-0.1, -0.05) is 38.5 Å². The number of pyridine rings is 1. The van der Waals surface area contributed by atoms with E-state index in [2.05, 4.69) is 24.0 Å². The lowest BCUT2D eigenvalue weighted by Gasteiger charge is -2.54. The molecule has 0 radical (unpaired) electrons. The summed E-state index contributed by atoms with van der Waals surface area (Å²) in [5.41, 5.74) is 5.39. The summed E-state index contributed by atoms with van der Waals surface area (Å²) in [6.07, 6.45) is 3.85. The number of aromatic nitrogens is 1. The number of carbonyl (C=O) groups excluding carboxylic acids is 1. The van der Waals surface area contributed by atoms with Crippen molar-refractivity contribution in [2.45, 2.75) is 69.1 Å². The number of carbonyl (C=O) groups is 1. The fourth-order valence-electron chi connectivity index (χ4n) is 6.76. The van der Waals surface area contributed by atoms with Crippen LogP contribution in [0.15, 0.2) is 30.3 Å². The first-order chi connectivity index (χ1) is 18.4. The monoisotopic (exact) mass is 561 g/mol. The molecule has 1 aromatic heterocycles. The normalized spacial score (nSPS) is 30.1. The minimum atomic E-state index is -1.38. The summed E-state index contributed by atoms with van der Waals surface area (Å²) in [6, 6.07) is 10.00. The smallest absolute Gasteiger partial charge is 0.222 e. The molecule has 1 amide bonds. The molecule has 3 unspecified atom stereocenters. The van der Waals surface area contributed by atoms with Crippen molar-refractivity contribution in [3.63, 3.8) is 0 Å². The molecular formula is C30H46ClN4O4+. The minimum Gasteiger partial charge on any atom is -0.471 e. The number of aliphatic hydroxyl groups excluding tert-OH is 1. The van der Waals surface area contributed by atoms with E-state index in [1.54, 1.807) is 0 Å². The predicted octanol–water partition coefficient (Wildman–Crippen LogP) is 2.95. The number of hydrogen-bond donors (Lipinski definition) is 3. The number of aryl methyl sites for hydroxylation is 1. The number of ether oxygens (including phenoxy) is 1. The van der Waals surface area contributed by atoms with Gasteiger partial charge in [0.05, 0.1) is 31.5 Å². The number of likely N-dealkylation sites (N-methyl/N-ethyl adjacent to an activating group) is 1. The van der Waals surface area contributed by atoms with Gasteiger partial charge in [0.25, 0.3) is 0 Å². The molecule has 2 fully saturated rings. The van der Waals surface area contributed by atoms with Gasteiger partial charge in [0.2, 0.25) is 11.8 Å². The highest BCUT2D eigenvalue weighted by molar-refractivity contribution is 6.23. The number of unbranched alkanes of at least 4 members (excludes halogenated alkanes) is 1. The number of primary amides is 1. The van der Waals surface area contributed by atoms with E-state index in [9.17, 15) is 15.0 Å². The Morgan fingerprint density at radius 3 is 2.74 bits per heavy atom. The van der Waals surface area contributed by atoms with Gasteiger partial charge in [-0.2, -0.15) is 0 Å². The number of quaternary nitrogens is 1. The quantitative estimate of drug-likeness (QED) is 0.287. The van der Waals surface area contributed by atoms with Crippen molar-refractivity contribution >= 4 is 28.3 Å². The highest BCUT2D eigenvalue weighted by atomic mass is 35.5. The average molecular weight is 562 g/mol. The van der Waals surface area contributed by atoms with E-state index in [1.165, 1.54) is 0 Å². The van der Waals surface area contributed by atoms with Gasteiger partial charge in [-0.25, -0.2) is 4.98 Å². The number of benzene rings is 1. The lowest BCUT2D eigenvalue weighted by Crippen LogP contribution is -2.71. The number of hydrogen-bond acceptors (Lipinski definition) is 6. The number of nitrogens with zero attached hydrogens (tertiary/aromatic N) is 3. The third-order valence-corrected chi connectivity index (χ3v) is 9.31. The topological polar surface area (TPSA) is 109 Å². The van der Waals surface area contributed by atoms with Crippen molar-refractivity contribution in [3.05, 3.63) is 36.0 Å².